The van der Waals surface area contributed by atoms with Gasteiger partial charge < -0.3 is 10.1 Å². The fourth-order valence-electron chi connectivity index (χ4n) is 3.26. The molecule has 0 atom stereocenters. The molecule has 0 unspecified atom stereocenters. The van der Waals surface area contributed by atoms with Crippen molar-refractivity contribution in [3.8, 4) is 22.8 Å². The van der Waals surface area contributed by atoms with Gasteiger partial charge in [0, 0.05) is 36.9 Å². The summed E-state index contributed by atoms with van der Waals surface area (Å²) in [5, 5.41) is 3.35. The molecule has 6 heteroatoms. The summed E-state index contributed by atoms with van der Waals surface area (Å²) >= 11 is 0. The van der Waals surface area contributed by atoms with Gasteiger partial charge in [0.1, 0.15) is 11.5 Å². The Hall–Kier alpha value is -4.19. The molecule has 6 nitrogen and oxygen atoms in total. The standard InChI is InChI=1S/C24H19N5O/c1-2-6-20(7-3-1)30-21-10-8-19(9-11-21)22-17-28-23(24-26-13-14-29(22)24)27-16-18-5-4-12-25-15-18/h1-15,17H,16H2,(H,27,28). The Kier molecular flexibility index (Phi) is 4.79. The van der Waals surface area contributed by atoms with E-state index >= 15 is 0 Å². The van der Waals surface area contributed by atoms with Crippen LogP contribution in [0.15, 0.2) is 97.7 Å². The van der Waals surface area contributed by atoms with Crippen LogP contribution >= 0.6 is 0 Å². The van der Waals surface area contributed by atoms with Crippen molar-refractivity contribution >= 4 is 11.5 Å². The molecular weight excluding hydrogens is 374 g/mol. The molecule has 0 aliphatic heterocycles. The van der Waals surface area contributed by atoms with E-state index in [2.05, 4.69) is 20.3 Å². The van der Waals surface area contributed by atoms with Crippen LogP contribution in [0.2, 0.25) is 0 Å². The number of aromatic nitrogens is 4. The van der Waals surface area contributed by atoms with Crippen molar-refractivity contribution in [2.45, 2.75) is 6.54 Å². The molecule has 0 aliphatic carbocycles. The van der Waals surface area contributed by atoms with E-state index in [9.17, 15) is 0 Å². The van der Waals surface area contributed by atoms with E-state index in [0.717, 1.165) is 39.8 Å². The summed E-state index contributed by atoms with van der Waals surface area (Å²) in [4.78, 5) is 13.2. The van der Waals surface area contributed by atoms with Gasteiger partial charge in [0.25, 0.3) is 0 Å². The Bertz CT molecular complexity index is 1250. The van der Waals surface area contributed by atoms with E-state index in [4.69, 9.17) is 4.74 Å². The first-order chi connectivity index (χ1) is 14.9. The average Bonchev–Trinajstić information content (AvgIpc) is 3.30. The second-order valence-corrected chi connectivity index (χ2v) is 6.77. The van der Waals surface area contributed by atoms with Crippen molar-refractivity contribution in [1.82, 2.24) is 19.4 Å². The molecule has 2 aromatic carbocycles. The van der Waals surface area contributed by atoms with Gasteiger partial charge in [-0.15, -0.1) is 0 Å². The molecule has 0 radical (unpaired) electrons. The van der Waals surface area contributed by atoms with Crippen molar-refractivity contribution < 1.29 is 4.74 Å². The maximum Gasteiger partial charge on any atom is 0.180 e. The Morgan fingerprint density at radius 3 is 2.43 bits per heavy atom. The minimum Gasteiger partial charge on any atom is -0.457 e. The molecule has 5 aromatic rings. The lowest BCUT2D eigenvalue weighted by molar-refractivity contribution is 0.483. The summed E-state index contributed by atoms with van der Waals surface area (Å²) in [6.07, 6.45) is 9.18. The smallest absolute Gasteiger partial charge is 0.180 e. The molecule has 0 bridgehead atoms. The summed E-state index contributed by atoms with van der Waals surface area (Å²) in [7, 11) is 0. The molecule has 1 N–H and O–H groups in total. The number of para-hydroxylation sites is 1. The number of ether oxygens (including phenoxy) is 1. The summed E-state index contributed by atoms with van der Waals surface area (Å²) < 4.78 is 7.92. The van der Waals surface area contributed by atoms with Crippen LogP contribution in [0.1, 0.15) is 5.56 Å². The predicted molar refractivity (Wildman–Crippen MR) is 117 cm³/mol. The third kappa shape index (κ3) is 3.71. The number of rotatable bonds is 6. The van der Waals surface area contributed by atoms with Gasteiger partial charge >= 0.3 is 0 Å². The van der Waals surface area contributed by atoms with Gasteiger partial charge in [-0.05, 0) is 48.0 Å². The van der Waals surface area contributed by atoms with Crippen LogP contribution < -0.4 is 10.1 Å². The molecule has 3 aromatic heterocycles. The zero-order valence-corrected chi connectivity index (χ0v) is 16.1. The topological polar surface area (TPSA) is 64.3 Å². The number of benzene rings is 2. The van der Waals surface area contributed by atoms with E-state index in [-0.39, 0.29) is 0 Å². The monoisotopic (exact) mass is 393 g/mol. The number of nitrogens with one attached hydrogen (secondary N) is 1. The first-order valence-electron chi connectivity index (χ1n) is 9.65. The maximum atomic E-state index is 5.88. The van der Waals surface area contributed by atoms with E-state index in [0.29, 0.717) is 6.54 Å². The molecule has 0 spiro atoms. The normalized spacial score (nSPS) is 10.8. The highest BCUT2D eigenvalue weighted by molar-refractivity contribution is 5.70. The van der Waals surface area contributed by atoms with Crippen LogP contribution in [0.3, 0.4) is 0 Å². The molecule has 30 heavy (non-hydrogen) atoms. The summed E-state index contributed by atoms with van der Waals surface area (Å²) in [5.74, 6) is 2.33. The Balaban J connectivity index is 1.39. The minimum atomic E-state index is 0.633. The van der Waals surface area contributed by atoms with Crippen molar-refractivity contribution in [2.75, 3.05) is 5.32 Å². The van der Waals surface area contributed by atoms with E-state index in [1.807, 2.05) is 89.7 Å². The minimum absolute atomic E-state index is 0.633. The average molecular weight is 393 g/mol. The van der Waals surface area contributed by atoms with Crippen LogP contribution in [0, 0.1) is 0 Å². The fourth-order valence-corrected chi connectivity index (χ4v) is 3.26. The highest BCUT2D eigenvalue weighted by Crippen LogP contribution is 2.27. The Morgan fingerprint density at radius 1 is 0.800 bits per heavy atom. The third-order valence-corrected chi connectivity index (χ3v) is 4.74. The van der Waals surface area contributed by atoms with Crippen molar-refractivity contribution in [3.05, 3.63) is 103 Å². The zero-order valence-electron chi connectivity index (χ0n) is 16.1. The lowest BCUT2D eigenvalue weighted by atomic mass is 10.1. The third-order valence-electron chi connectivity index (χ3n) is 4.74. The lowest BCUT2D eigenvalue weighted by Crippen LogP contribution is -2.05. The molecule has 0 amide bonds. The van der Waals surface area contributed by atoms with E-state index < -0.39 is 0 Å². The summed E-state index contributed by atoms with van der Waals surface area (Å²) in [6, 6.07) is 21.7. The van der Waals surface area contributed by atoms with Crippen molar-refractivity contribution in [1.29, 1.82) is 0 Å². The fraction of sp³-hybridized carbons (Fsp3) is 0.0417. The number of fused-ring (bicyclic) bond motifs is 1. The molecule has 3 heterocycles. The molecule has 0 saturated heterocycles. The predicted octanol–water partition coefficient (Wildman–Crippen LogP) is 5.20. The quantitative estimate of drug-likeness (QED) is 0.430. The molecular formula is C24H19N5O. The highest BCUT2D eigenvalue weighted by Gasteiger charge is 2.10. The number of hydrogen-bond donors (Lipinski definition) is 1. The van der Waals surface area contributed by atoms with Gasteiger partial charge in [-0.3, -0.25) is 9.38 Å². The zero-order chi connectivity index (χ0) is 20.2. The van der Waals surface area contributed by atoms with Gasteiger partial charge in [-0.1, -0.05) is 24.3 Å². The number of nitrogens with zero attached hydrogens (tertiary/aromatic N) is 4. The molecule has 0 aliphatic rings. The van der Waals surface area contributed by atoms with E-state index in [1.165, 1.54) is 0 Å². The van der Waals surface area contributed by atoms with E-state index in [1.54, 1.807) is 12.4 Å². The number of anilines is 1. The van der Waals surface area contributed by atoms with Gasteiger partial charge in [0.05, 0.1) is 11.9 Å². The molecule has 146 valence electrons. The maximum absolute atomic E-state index is 5.88. The first-order valence-corrected chi connectivity index (χ1v) is 9.65. The SMILES string of the molecule is c1ccc(Oc2ccc(-c3cnc(NCc4cccnc4)c4nccn34)cc2)cc1. The van der Waals surface area contributed by atoms with Gasteiger partial charge in [-0.2, -0.15) is 0 Å². The number of hydrogen-bond acceptors (Lipinski definition) is 5. The van der Waals surface area contributed by atoms with Gasteiger partial charge in [-0.25, -0.2) is 9.97 Å². The van der Waals surface area contributed by atoms with Crippen molar-refractivity contribution in [3.63, 3.8) is 0 Å². The second-order valence-electron chi connectivity index (χ2n) is 6.77. The Labute approximate surface area is 173 Å². The van der Waals surface area contributed by atoms with Crippen molar-refractivity contribution in [2.24, 2.45) is 0 Å². The summed E-state index contributed by atoms with van der Waals surface area (Å²) in [5.41, 5.74) is 3.86. The summed E-state index contributed by atoms with van der Waals surface area (Å²) in [6.45, 7) is 0.633. The van der Waals surface area contributed by atoms with Crippen LogP contribution in [0.4, 0.5) is 5.82 Å². The van der Waals surface area contributed by atoms with Crippen LogP contribution in [0.25, 0.3) is 16.9 Å². The molecule has 5 rings (SSSR count). The first kappa shape index (κ1) is 17.9. The largest absolute Gasteiger partial charge is 0.457 e. The second kappa shape index (κ2) is 8.05. The molecule has 0 saturated carbocycles. The Morgan fingerprint density at radius 2 is 1.63 bits per heavy atom. The van der Waals surface area contributed by atoms with Crippen LogP contribution in [-0.2, 0) is 6.54 Å². The number of pyridine rings is 1. The molecule has 0 fully saturated rings. The van der Waals surface area contributed by atoms with Crippen LogP contribution in [0.5, 0.6) is 11.5 Å². The lowest BCUT2D eigenvalue weighted by Gasteiger charge is -2.11. The highest BCUT2D eigenvalue weighted by atomic mass is 16.5. The van der Waals surface area contributed by atoms with Crippen LogP contribution in [-0.4, -0.2) is 19.4 Å². The van der Waals surface area contributed by atoms with Gasteiger partial charge in [0.15, 0.2) is 11.5 Å². The number of imidazole rings is 1. The van der Waals surface area contributed by atoms with Gasteiger partial charge in [0.2, 0.25) is 0 Å².